The zero-order chi connectivity index (χ0) is 16.3. The average Bonchev–Trinajstić information content (AvgIpc) is 2.86. The fourth-order valence-electron chi connectivity index (χ4n) is 1.81. The van der Waals surface area contributed by atoms with Gasteiger partial charge >= 0.3 is 12.1 Å². The van der Waals surface area contributed by atoms with Crippen LogP contribution in [0.3, 0.4) is 0 Å². The van der Waals surface area contributed by atoms with Crippen molar-refractivity contribution in [1.82, 2.24) is 9.55 Å². The molecule has 0 amide bonds. The summed E-state index contributed by atoms with van der Waals surface area (Å²) in [4.78, 5) is 27.4. The van der Waals surface area contributed by atoms with E-state index in [0.29, 0.717) is 11.0 Å². The van der Waals surface area contributed by atoms with Gasteiger partial charge in [-0.3, -0.25) is 4.79 Å². The van der Waals surface area contributed by atoms with Crippen LogP contribution in [0.2, 0.25) is 0 Å². The first-order valence-corrected chi connectivity index (χ1v) is 7.39. The van der Waals surface area contributed by atoms with Crippen LogP contribution in [0.25, 0.3) is 11.0 Å². The topological polar surface area (TPSA) is 70.4 Å². The van der Waals surface area contributed by atoms with Crippen molar-refractivity contribution in [3.8, 4) is 0 Å². The second kappa shape index (κ2) is 6.39. The van der Waals surface area contributed by atoms with Gasteiger partial charge in [0.05, 0.1) is 16.8 Å². The molecule has 0 radical (unpaired) electrons. The summed E-state index contributed by atoms with van der Waals surface area (Å²) >= 11 is 3.84. The highest BCUT2D eigenvalue weighted by Gasteiger charge is 2.19. The van der Waals surface area contributed by atoms with E-state index in [2.05, 4.69) is 17.6 Å². The number of esters is 1. The van der Waals surface area contributed by atoms with E-state index in [9.17, 15) is 9.59 Å². The molecule has 2 aromatic rings. The lowest BCUT2D eigenvalue weighted by atomic mass is 10.2. The molecule has 0 saturated carbocycles. The van der Waals surface area contributed by atoms with Gasteiger partial charge in [0, 0.05) is 0 Å². The second-order valence-electron chi connectivity index (χ2n) is 5.74. The minimum Gasteiger partial charge on any atom is -0.460 e. The van der Waals surface area contributed by atoms with Crippen molar-refractivity contribution in [2.24, 2.45) is 0 Å². The zero-order valence-electron chi connectivity index (χ0n) is 12.7. The number of nitrogens with zero attached hydrogens (tertiary/aromatic N) is 2. The third-order valence-corrected chi connectivity index (χ3v) is 2.99. The SMILES string of the molecule is CC(C)(C)OC(=O)n1cnc2cc(COC(=O)CS)ccc21. The van der Waals surface area contributed by atoms with Crippen LogP contribution in [0.1, 0.15) is 26.3 Å². The Kier molecular flexibility index (Phi) is 4.75. The Balaban J connectivity index is 2.19. The molecule has 22 heavy (non-hydrogen) atoms. The van der Waals surface area contributed by atoms with Gasteiger partial charge in [-0.05, 0) is 38.5 Å². The van der Waals surface area contributed by atoms with Gasteiger partial charge in [0.15, 0.2) is 0 Å². The number of hydrogen-bond donors (Lipinski definition) is 1. The van der Waals surface area contributed by atoms with Crippen molar-refractivity contribution >= 4 is 35.7 Å². The molecule has 0 aliphatic carbocycles. The summed E-state index contributed by atoms with van der Waals surface area (Å²) in [5.41, 5.74) is 1.48. The molecule has 7 heteroatoms. The third kappa shape index (κ3) is 4.00. The summed E-state index contributed by atoms with van der Waals surface area (Å²) in [6, 6.07) is 5.29. The van der Waals surface area contributed by atoms with Crippen LogP contribution in [-0.4, -0.2) is 33.0 Å². The third-order valence-electron chi connectivity index (χ3n) is 2.73. The highest BCUT2D eigenvalue weighted by molar-refractivity contribution is 7.81. The van der Waals surface area contributed by atoms with Crippen LogP contribution in [-0.2, 0) is 20.9 Å². The fraction of sp³-hybridized carbons (Fsp3) is 0.400. The van der Waals surface area contributed by atoms with Crippen LogP contribution in [0.15, 0.2) is 24.5 Å². The number of benzene rings is 1. The molecule has 6 nitrogen and oxygen atoms in total. The molecule has 2 rings (SSSR count). The lowest BCUT2D eigenvalue weighted by molar-refractivity contribution is -0.141. The number of imidazole rings is 1. The zero-order valence-corrected chi connectivity index (χ0v) is 13.6. The van der Waals surface area contributed by atoms with Crippen molar-refractivity contribution in [2.75, 3.05) is 5.75 Å². The van der Waals surface area contributed by atoms with Crippen molar-refractivity contribution in [1.29, 1.82) is 0 Å². The van der Waals surface area contributed by atoms with Gasteiger partial charge in [0.2, 0.25) is 0 Å². The lowest BCUT2D eigenvalue weighted by Gasteiger charge is -2.19. The Hall–Kier alpha value is -2.02. The van der Waals surface area contributed by atoms with Crippen molar-refractivity contribution < 1.29 is 19.1 Å². The summed E-state index contributed by atoms with van der Waals surface area (Å²) < 4.78 is 11.7. The molecule has 0 fully saturated rings. The van der Waals surface area contributed by atoms with Crippen LogP contribution in [0.4, 0.5) is 4.79 Å². The Labute approximate surface area is 133 Å². The standard InChI is InChI=1S/C15H18N2O4S/c1-15(2,3)21-14(19)17-9-16-11-6-10(4-5-12(11)17)7-20-13(18)8-22/h4-6,9,22H,7-8H2,1-3H3. The predicted octanol–water partition coefficient (Wildman–Crippen LogP) is 2.79. The molecule has 0 bridgehead atoms. The molecule has 0 unspecified atom stereocenters. The lowest BCUT2D eigenvalue weighted by Crippen LogP contribution is -2.26. The summed E-state index contributed by atoms with van der Waals surface area (Å²) in [5, 5.41) is 0. The molecule has 0 saturated heterocycles. The van der Waals surface area contributed by atoms with Crippen molar-refractivity contribution in [3.05, 3.63) is 30.1 Å². The quantitative estimate of drug-likeness (QED) is 0.695. The Morgan fingerprint density at radius 3 is 2.68 bits per heavy atom. The van der Waals surface area contributed by atoms with E-state index in [4.69, 9.17) is 9.47 Å². The van der Waals surface area contributed by atoms with Crippen LogP contribution >= 0.6 is 12.6 Å². The number of ether oxygens (including phenoxy) is 2. The maximum atomic E-state index is 12.1. The Bertz CT molecular complexity index is 703. The largest absolute Gasteiger partial charge is 0.460 e. The van der Waals surface area contributed by atoms with E-state index < -0.39 is 11.7 Å². The van der Waals surface area contributed by atoms with Gasteiger partial charge in [-0.2, -0.15) is 12.6 Å². The number of thiol groups is 1. The molecule has 1 aromatic carbocycles. The fourth-order valence-corrected chi connectivity index (χ4v) is 1.91. The monoisotopic (exact) mass is 322 g/mol. The molecule has 0 atom stereocenters. The Morgan fingerprint density at radius 1 is 1.32 bits per heavy atom. The van der Waals surface area contributed by atoms with Gasteiger partial charge in [0.25, 0.3) is 0 Å². The van der Waals surface area contributed by atoms with E-state index in [1.54, 1.807) is 39.0 Å². The summed E-state index contributed by atoms with van der Waals surface area (Å²) in [7, 11) is 0. The summed E-state index contributed by atoms with van der Waals surface area (Å²) in [6.07, 6.45) is 0.937. The van der Waals surface area contributed by atoms with Gasteiger partial charge in [-0.15, -0.1) is 0 Å². The van der Waals surface area contributed by atoms with Crippen LogP contribution < -0.4 is 0 Å². The molecule has 0 aliphatic rings. The normalized spacial score (nSPS) is 11.5. The number of carbonyl (C=O) groups is 2. The highest BCUT2D eigenvalue weighted by atomic mass is 32.1. The molecule has 0 spiro atoms. The van der Waals surface area contributed by atoms with Gasteiger partial charge in [-0.1, -0.05) is 6.07 Å². The van der Waals surface area contributed by atoms with Crippen LogP contribution in [0, 0.1) is 0 Å². The molecular weight excluding hydrogens is 304 g/mol. The second-order valence-corrected chi connectivity index (χ2v) is 6.05. The predicted molar refractivity (Wildman–Crippen MR) is 85.0 cm³/mol. The van der Waals surface area contributed by atoms with Gasteiger partial charge in [0.1, 0.15) is 18.5 Å². The van der Waals surface area contributed by atoms with Gasteiger partial charge in [-0.25, -0.2) is 14.3 Å². The van der Waals surface area contributed by atoms with E-state index in [0.717, 1.165) is 5.56 Å². The minimum atomic E-state index is -0.575. The number of aromatic nitrogens is 2. The van der Waals surface area contributed by atoms with E-state index in [1.165, 1.54) is 10.9 Å². The molecule has 0 aliphatic heterocycles. The smallest absolute Gasteiger partial charge is 0.420 e. The first-order chi connectivity index (χ1) is 10.3. The molecule has 118 valence electrons. The molecule has 1 aromatic heterocycles. The maximum absolute atomic E-state index is 12.1. The average molecular weight is 322 g/mol. The Morgan fingerprint density at radius 2 is 2.05 bits per heavy atom. The van der Waals surface area contributed by atoms with Gasteiger partial charge < -0.3 is 9.47 Å². The van der Waals surface area contributed by atoms with E-state index in [-0.39, 0.29) is 18.3 Å². The molecular formula is C15H18N2O4S. The number of rotatable bonds is 3. The molecule has 0 N–H and O–H groups in total. The number of fused-ring (bicyclic) bond motifs is 1. The van der Waals surface area contributed by atoms with E-state index >= 15 is 0 Å². The molecule has 1 heterocycles. The first-order valence-electron chi connectivity index (χ1n) is 6.76. The number of hydrogen-bond acceptors (Lipinski definition) is 6. The number of carbonyl (C=O) groups excluding carboxylic acids is 2. The van der Waals surface area contributed by atoms with E-state index in [1.807, 2.05) is 0 Å². The summed E-state index contributed by atoms with van der Waals surface area (Å²) in [5.74, 6) is -0.349. The minimum absolute atomic E-state index is 0.0372. The maximum Gasteiger partial charge on any atom is 0.420 e. The first kappa shape index (κ1) is 16.4. The van der Waals surface area contributed by atoms with Crippen LogP contribution in [0.5, 0.6) is 0 Å². The van der Waals surface area contributed by atoms with Crippen molar-refractivity contribution in [3.63, 3.8) is 0 Å². The highest BCUT2D eigenvalue weighted by Crippen LogP contribution is 2.18. The summed E-state index contributed by atoms with van der Waals surface area (Å²) in [6.45, 7) is 5.56. The van der Waals surface area contributed by atoms with Crippen molar-refractivity contribution in [2.45, 2.75) is 33.0 Å².